The quantitative estimate of drug-likeness (QED) is 0.581. The highest BCUT2D eigenvalue weighted by molar-refractivity contribution is 5.85. The van der Waals surface area contributed by atoms with Gasteiger partial charge in [-0.1, -0.05) is 5.21 Å². The lowest BCUT2D eigenvalue weighted by molar-refractivity contribution is 0.154. The zero-order valence-corrected chi connectivity index (χ0v) is 14.0. The van der Waals surface area contributed by atoms with E-state index in [4.69, 9.17) is 0 Å². The van der Waals surface area contributed by atoms with Crippen LogP contribution < -0.4 is 5.32 Å². The number of aryl methyl sites for hydroxylation is 2. The second-order valence-electron chi connectivity index (χ2n) is 6.28. The minimum atomic E-state index is -0.516. The molecule has 0 aliphatic carbocycles. The van der Waals surface area contributed by atoms with E-state index in [0.717, 1.165) is 33.7 Å². The Labute approximate surface area is 148 Å². The molecule has 0 spiro atoms. The highest BCUT2D eigenvalue weighted by Gasteiger charge is 2.23. The zero-order chi connectivity index (χ0) is 17.7. The van der Waals surface area contributed by atoms with Gasteiger partial charge in [0.1, 0.15) is 11.3 Å². The van der Waals surface area contributed by atoms with Crippen LogP contribution in [0.4, 0.5) is 11.8 Å². The number of hydrogen-bond donors (Lipinski definition) is 2. The monoisotopic (exact) mass is 348 g/mol. The third-order valence-electron chi connectivity index (χ3n) is 4.62. The van der Waals surface area contributed by atoms with Crippen molar-refractivity contribution in [2.75, 3.05) is 5.32 Å². The van der Waals surface area contributed by atoms with E-state index in [1.165, 1.54) is 0 Å². The molecule has 5 rings (SSSR count). The van der Waals surface area contributed by atoms with E-state index in [9.17, 15) is 5.11 Å². The first kappa shape index (κ1) is 15.0. The Morgan fingerprint density at radius 2 is 2.15 bits per heavy atom. The third-order valence-corrected chi connectivity index (χ3v) is 4.62. The van der Waals surface area contributed by atoms with Crippen molar-refractivity contribution in [2.24, 2.45) is 7.05 Å². The van der Waals surface area contributed by atoms with E-state index in [2.05, 4.69) is 30.7 Å². The molecule has 1 aromatic carbocycles. The summed E-state index contributed by atoms with van der Waals surface area (Å²) in [6.45, 7) is 0.677. The summed E-state index contributed by atoms with van der Waals surface area (Å²) in [5.74, 6) is 1.27. The number of aliphatic hydroxyl groups excluding tert-OH is 1. The molecule has 4 aromatic rings. The van der Waals surface area contributed by atoms with E-state index in [0.29, 0.717) is 18.9 Å². The number of aliphatic hydroxyl groups is 1. The maximum atomic E-state index is 10.4. The SMILES string of the molecule is Cn1nccc1Nc1nccc(-c2cc3c4c(c2)nnn4CCC3O)n1. The van der Waals surface area contributed by atoms with Crippen molar-refractivity contribution < 1.29 is 5.11 Å². The molecule has 0 saturated carbocycles. The lowest BCUT2D eigenvalue weighted by Gasteiger charge is -2.19. The average Bonchev–Trinajstić information content (AvgIpc) is 3.25. The maximum Gasteiger partial charge on any atom is 0.228 e. The summed E-state index contributed by atoms with van der Waals surface area (Å²) in [4.78, 5) is 8.86. The molecular weight excluding hydrogens is 332 g/mol. The number of aromatic nitrogens is 7. The van der Waals surface area contributed by atoms with Crippen molar-refractivity contribution in [3.63, 3.8) is 0 Å². The normalized spacial score (nSPS) is 16.2. The summed E-state index contributed by atoms with van der Waals surface area (Å²) >= 11 is 0. The number of benzene rings is 1. The summed E-state index contributed by atoms with van der Waals surface area (Å²) in [5.41, 5.74) is 4.12. The van der Waals surface area contributed by atoms with Gasteiger partial charge in [0, 0.05) is 37.0 Å². The zero-order valence-electron chi connectivity index (χ0n) is 14.0. The summed E-state index contributed by atoms with van der Waals surface area (Å²) < 4.78 is 3.55. The van der Waals surface area contributed by atoms with Crippen LogP contribution in [-0.2, 0) is 13.6 Å². The van der Waals surface area contributed by atoms with Gasteiger partial charge in [-0.2, -0.15) is 5.10 Å². The first-order valence-electron chi connectivity index (χ1n) is 8.33. The van der Waals surface area contributed by atoms with Gasteiger partial charge in [-0.3, -0.25) is 4.68 Å². The Bertz CT molecular complexity index is 1120. The lowest BCUT2D eigenvalue weighted by Crippen LogP contribution is -2.13. The Balaban J connectivity index is 1.58. The number of nitrogens with one attached hydrogen (secondary N) is 1. The van der Waals surface area contributed by atoms with Crippen molar-refractivity contribution in [2.45, 2.75) is 19.1 Å². The van der Waals surface area contributed by atoms with E-state index in [1.807, 2.05) is 36.0 Å². The standard InChI is InChI=1S/C17H16N8O/c1-24-15(3-6-19-24)21-17-18-5-2-12(20-17)10-8-11-14(26)4-7-25-16(11)13(9-10)22-23-25/h2-3,5-6,8-9,14,26H,4,7H2,1H3,(H,18,20,21). The van der Waals surface area contributed by atoms with Crippen LogP contribution in [0.2, 0.25) is 0 Å². The second kappa shape index (κ2) is 5.60. The highest BCUT2D eigenvalue weighted by atomic mass is 16.3. The van der Waals surface area contributed by atoms with E-state index < -0.39 is 6.10 Å². The molecule has 9 nitrogen and oxygen atoms in total. The van der Waals surface area contributed by atoms with Crippen molar-refractivity contribution in [3.05, 3.63) is 42.2 Å². The topological polar surface area (TPSA) is 107 Å². The average molecular weight is 348 g/mol. The van der Waals surface area contributed by atoms with Gasteiger partial charge in [0.05, 0.1) is 23.5 Å². The van der Waals surface area contributed by atoms with Crippen LogP contribution in [-0.4, -0.2) is 39.8 Å². The number of hydrogen-bond acceptors (Lipinski definition) is 7. The third kappa shape index (κ3) is 2.32. The van der Waals surface area contributed by atoms with Gasteiger partial charge in [-0.15, -0.1) is 5.10 Å². The van der Waals surface area contributed by atoms with Crippen LogP contribution in [0.25, 0.3) is 22.3 Å². The fourth-order valence-corrected chi connectivity index (χ4v) is 3.29. The van der Waals surface area contributed by atoms with Crippen molar-refractivity contribution in [1.82, 2.24) is 34.7 Å². The lowest BCUT2D eigenvalue weighted by atomic mass is 9.98. The van der Waals surface area contributed by atoms with Crippen molar-refractivity contribution >= 4 is 22.8 Å². The summed E-state index contributed by atoms with van der Waals surface area (Å²) in [5, 5.41) is 26.1. The number of rotatable bonds is 3. The van der Waals surface area contributed by atoms with Crippen LogP contribution in [0.5, 0.6) is 0 Å². The van der Waals surface area contributed by atoms with Crippen molar-refractivity contribution in [1.29, 1.82) is 0 Å². The molecule has 0 saturated heterocycles. The molecule has 1 atom stereocenters. The molecular formula is C17H16N8O. The molecule has 0 radical (unpaired) electrons. The van der Waals surface area contributed by atoms with Crippen LogP contribution in [0.3, 0.4) is 0 Å². The molecule has 1 aliphatic rings. The molecule has 26 heavy (non-hydrogen) atoms. The number of nitrogens with zero attached hydrogens (tertiary/aromatic N) is 7. The van der Waals surface area contributed by atoms with Crippen LogP contribution in [0, 0.1) is 0 Å². The van der Waals surface area contributed by atoms with Gasteiger partial charge < -0.3 is 10.4 Å². The predicted octanol–water partition coefficient (Wildman–Crippen LogP) is 1.80. The van der Waals surface area contributed by atoms with Crippen molar-refractivity contribution in [3.8, 4) is 11.3 Å². The van der Waals surface area contributed by atoms with E-state index >= 15 is 0 Å². The molecule has 4 heterocycles. The van der Waals surface area contributed by atoms with Gasteiger partial charge in [-0.05, 0) is 24.6 Å². The van der Waals surface area contributed by atoms with Gasteiger partial charge in [-0.25, -0.2) is 14.6 Å². The summed E-state index contributed by atoms with van der Waals surface area (Å²) in [6, 6.07) is 7.58. The van der Waals surface area contributed by atoms with E-state index in [-0.39, 0.29) is 0 Å². The summed E-state index contributed by atoms with van der Waals surface area (Å²) in [6.07, 6.45) is 3.52. The Kier molecular flexibility index (Phi) is 3.22. The molecule has 130 valence electrons. The fourth-order valence-electron chi connectivity index (χ4n) is 3.29. The van der Waals surface area contributed by atoms with E-state index in [1.54, 1.807) is 17.1 Å². The van der Waals surface area contributed by atoms with Crippen LogP contribution >= 0.6 is 0 Å². The smallest absolute Gasteiger partial charge is 0.228 e. The van der Waals surface area contributed by atoms with Gasteiger partial charge in [0.2, 0.25) is 5.95 Å². The number of anilines is 2. The van der Waals surface area contributed by atoms with Crippen LogP contribution in [0.1, 0.15) is 18.1 Å². The summed E-state index contributed by atoms with van der Waals surface area (Å²) in [7, 11) is 1.84. The molecule has 0 amide bonds. The predicted molar refractivity (Wildman–Crippen MR) is 94.6 cm³/mol. The highest BCUT2D eigenvalue weighted by Crippen LogP contribution is 2.34. The first-order valence-corrected chi connectivity index (χ1v) is 8.33. The minimum Gasteiger partial charge on any atom is -0.388 e. The second-order valence-corrected chi connectivity index (χ2v) is 6.28. The Morgan fingerprint density at radius 1 is 1.23 bits per heavy atom. The molecule has 0 fully saturated rings. The fraction of sp³-hybridized carbons (Fsp3) is 0.235. The van der Waals surface area contributed by atoms with Gasteiger partial charge in [0.15, 0.2) is 0 Å². The van der Waals surface area contributed by atoms with Gasteiger partial charge in [0.25, 0.3) is 0 Å². The molecule has 1 aliphatic heterocycles. The molecule has 9 heteroatoms. The molecule has 2 N–H and O–H groups in total. The van der Waals surface area contributed by atoms with Crippen LogP contribution in [0.15, 0.2) is 36.7 Å². The minimum absolute atomic E-state index is 0.476. The first-order chi connectivity index (χ1) is 12.7. The molecule has 0 bridgehead atoms. The Morgan fingerprint density at radius 3 is 3.00 bits per heavy atom. The largest absolute Gasteiger partial charge is 0.388 e. The molecule has 1 unspecified atom stereocenters. The molecule has 3 aromatic heterocycles. The Hall–Kier alpha value is -3.33. The van der Waals surface area contributed by atoms with Gasteiger partial charge >= 0.3 is 0 Å². The maximum absolute atomic E-state index is 10.4.